The topological polar surface area (TPSA) is 49.3 Å². The van der Waals surface area contributed by atoms with Crippen LogP contribution in [-0.4, -0.2) is 23.2 Å². The van der Waals surface area contributed by atoms with Gasteiger partial charge in [0.15, 0.2) is 0 Å². The minimum atomic E-state index is -0.943. The largest absolute Gasteiger partial charge is 0.388 e. The van der Waals surface area contributed by atoms with Crippen LogP contribution in [0.1, 0.15) is 51.5 Å². The Bertz CT molecular complexity index is 552. The highest BCUT2D eigenvalue weighted by atomic mass is 19.1. The molecule has 0 bridgehead atoms. The second-order valence-corrected chi connectivity index (χ2v) is 6.17. The highest BCUT2D eigenvalue weighted by Gasteiger charge is 2.47. The Morgan fingerprint density at radius 1 is 1.32 bits per heavy atom. The van der Waals surface area contributed by atoms with E-state index in [1.54, 1.807) is 0 Å². The maximum absolute atomic E-state index is 14.1. The lowest BCUT2D eigenvalue weighted by molar-refractivity contribution is -0.131. The van der Waals surface area contributed by atoms with E-state index in [2.05, 4.69) is 5.32 Å². The van der Waals surface area contributed by atoms with Crippen LogP contribution in [0.3, 0.4) is 0 Å². The predicted molar refractivity (Wildman–Crippen MR) is 80.4 cm³/mol. The minimum Gasteiger partial charge on any atom is -0.388 e. The van der Waals surface area contributed by atoms with Crippen LogP contribution < -0.4 is 5.32 Å². The molecule has 1 aromatic rings. The number of amides is 1. The molecule has 1 aromatic carbocycles. The molecule has 1 saturated carbocycles. The number of benzene rings is 1. The van der Waals surface area contributed by atoms with Crippen LogP contribution in [0.2, 0.25) is 0 Å². The van der Waals surface area contributed by atoms with Crippen molar-refractivity contribution in [2.75, 3.05) is 6.54 Å². The third-order valence-electron chi connectivity index (χ3n) is 4.98. The standard InChI is InChI=1S/C17H23F2NO2/c1-3-16(22,4-2)11-20-15(21)17(8-5-9-17)13-7-6-12(18)10-14(13)19/h6-7,10,22H,3-5,8-9,11H2,1-2H3,(H,20,21). The van der Waals surface area contributed by atoms with Crippen LogP contribution in [0, 0.1) is 11.6 Å². The Kier molecular flexibility index (Phi) is 4.85. The lowest BCUT2D eigenvalue weighted by atomic mass is 9.63. The van der Waals surface area contributed by atoms with E-state index in [0.717, 1.165) is 12.5 Å². The molecule has 1 aliphatic rings. The van der Waals surface area contributed by atoms with Gasteiger partial charge in [0.1, 0.15) is 11.6 Å². The molecule has 0 aromatic heterocycles. The summed E-state index contributed by atoms with van der Waals surface area (Å²) in [6.45, 7) is 3.85. The number of halogens is 2. The number of carbonyl (C=O) groups is 1. The third-order valence-corrected chi connectivity index (χ3v) is 4.98. The van der Waals surface area contributed by atoms with Gasteiger partial charge in [-0.15, -0.1) is 0 Å². The summed E-state index contributed by atoms with van der Waals surface area (Å²) in [5, 5.41) is 13.0. The van der Waals surface area contributed by atoms with E-state index >= 15 is 0 Å². The van der Waals surface area contributed by atoms with Crippen LogP contribution in [-0.2, 0) is 10.2 Å². The van der Waals surface area contributed by atoms with Gasteiger partial charge >= 0.3 is 0 Å². The molecule has 3 nitrogen and oxygen atoms in total. The Balaban J connectivity index is 2.18. The fourth-order valence-corrected chi connectivity index (χ4v) is 2.94. The van der Waals surface area contributed by atoms with Crippen molar-refractivity contribution in [3.05, 3.63) is 35.4 Å². The Morgan fingerprint density at radius 2 is 1.95 bits per heavy atom. The van der Waals surface area contributed by atoms with Crippen LogP contribution in [0.5, 0.6) is 0 Å². The summed E-state index contributed by atoms with van der Waals surface area (Å²) in [5.74, 6) is -1.62. The minimum absolute atomic E-state index is 0.142. The van der Waals surface area contributed by atoms with Crippen molar-refractivity contribution < 1.29 is 18.7 Å². The van der Waals surface area contributed by atoms with Gasteiger partial charge in [0, 0.05) is 18.2 Å². The zero-order valence-corrected chi connectivity index (χ0v) is 13.1. The SMILES string of the molecule is CCC(O)(CC)CNC(=O)C1(c2ccc(F)cc2F)CCC1. The van der Waals surface area contributed by atoms with Crippen LogP contribution in [0.4, 0.5) is 8.78 Å². The van der Waals surface area contributed by atoms with Gasteiger partial charge in [-0.2, -0.15) is 0 Å². The first-order valence-corrected chi connectivity index (χ1v) is 7.83. The van der Waals surface area contributed by atoms with E-state index in [-0.39, 0.29) is 18.0 Å². The van der Waals surface area contributed by atoms with Crippen LogP contribution in [0.25, 0.3) is 0 Å². The smallest absolute Gasteiger partial charge is 0.230 e. The Labute approximate surface area is 129 Å². The van der Waals surface area contributed by atoms with Gasteiger partial charge in [-0.25, -0.2) is 8.78 Å². The molecule has 0 unspecified atom stereocenters. The molecule has 2 N–H and O–H groups in total. The third kappa shape index (κ3) is 3.00. The molecular weight excluding hydrogens is 288 g/mol. The molecule has 1 amide bonds. The molecule has 0 radical (unpaired) electrons. The van der Waals surface area contributed by atoms with Crippen molar-refractivity contribution in [1.82, 2.24) is 5.32 Å². The number of hydrogen-bond acceptors (Lipinski definition) is 2. The van der Waals surface area contributed by atoms with E-state index < -0.39 is 22.7 Å². The first-order chi connectivity index (χ1) is 10.4. The van der Waals surface area contributed by atoms with Crippen molar-refractivity contribution in [2.24, 2.45) is 0 Å². The highest BCUT2D eigenvalue weighted by molar-refractivity contribution is 5.89. The summed E-state index contributed by atoms with van der Waals surface area (Å²) in [7, 11) is 0. The quantitative estimate of drug-likeness (QED) is 0.848. The van der Waals surface area contributed by atoms with Crippen molar-refractivity contribution in [3.8, 4) is 0 Å². The first-order valence-electron chi connectivity index (χ1n) is 7.83. The van der Waals surface area contributed by atoms with E-state index in [4.69, 9.17) is 0 Å². The van der Waals surface area contributed by atoms with Gasteiger partial charge in [0.25, 0.3) is 0 Å². The molecule has 22 heavy (non-hydrogen) atoms. The van der Waals surface area contributed by atoms with E-state index in [0.29, 0.717) is 25.7 Å². The summed E-state index contributed by atoms with van der Waals surface area (Å²) in [6.07, 6.45) is 2.97. The number of hydrogen-bond donors (Lipinski definition) is 2. The molecule has 5 heteroatoms. The summed E-state index contributed by atoms with van der Waals surface area (Å²) in [5.41, 5.74) is -1.63. The van der Waals surface area contributed by atoms with Gasteiger partial charge in [-0.3, -0.25) is 4.79 Å². The van der Waals surface area contributed by atoms with Crippen molar-refractivity contribution >= 4 is 5.91 Å². The zero-order chi connectivity index (χ0) is 16.4. The molecule has 1 fully saturated rings. The average Bonchev–Trinajstić information content (AvgIpc) is 2.45. The molecule has 0 heterocycles. The van der Waals surface area contributed by atoms with Gasteiger partial charge in [0.2, 0.25) is 5.91 Å². The van der Waals surface area contributed by atoms with Crippen LogP contribution >= 0.6 is 0 Å². The van der Waals surface area contributed by atoms with Crippen molar-refractivity contribution in [1.29, 1.82) is 0 Å². The molecule has 0 aliphatic heterocycles. The van der Waals surface area contributed by atoms with E-state index in [1.807, 2.05) is 13.8 Å². The summed E-state index contributed by atoms with van der Waals surface area (Å²) >= 11 is 0. The number of rotatable bonds is 6. The Hall–Kier alpha value is -1.49. The maximum atomic E-state index is 14.1. The molecule has 0 spiro atoms. The molecule has 0 atom stereocenters. The first kappa shape index (κ1) is 16.9. The molecule has 2 rings (SSSR count). The zero-order valence-electron chi connectivity index (χ0n) is 13.1. The van der Waals surface area contributed by atoms with Gasteiger partial charge < -0.3 is 10.4 Å². The number of nitrogens with one attached hydrogen (secondary N) is 1. The molecular formula is C17H23F2NO2. The number of carbonyl (C=O) groups excluding carboxylic acids is 1. The maximum Gasteiger partial charge on any atom is 0.230 e. The number of aliphatic hydroxyl groups is 1. The molecule has 1 aliphatic carbocycles. The monoisotopic (exact) mass is 311 g/mol. The van der Waals surface area contributed by atoms with Gasteiger partial charge in [-0.05, 0) is 31.7 Å². The van der Waals surface area contributed by atoms with Crippen molar-refractivity contribution in [2.45, 2.75) is 57.0 Å². The fourth-order valence-electron chi connectivity index (χ4n) is 2.94. The summed E-state index contributed by atoms with van der Waals surface area (Å²) in [6, 6.07) is 3.35. The fraction of sp³-hybridized carbons (Fsp3) is 0.588. The van der Waals surface area contributed by atoms with Gasteiger partial charge in [-0.1, -0.05) is 26.3 Å². The van der Waals surface area contributed by atoms with E-state index in [9.17, 15) is 18.7 Å². The second-order valence-electron chi connectivity index (χ2n) is 6.17. The highest BCUT2D eigenvalue weighted by Crippen LogP contribution is 2.45. The van der Waals surface area contributed by atoms with Gasteiger partial charge in [0.05, 0.1) is 11.0 Å². The lowest BCUT2D eigenvalue weighted by Gasteiger charge is -2.41. The summed E-state index contributed by atoms with van der Waals surface area (Å²) < 4.78 is 27.1. The lowest BCUT2D eigenvalue weighted by Crippen LogP contribution is -2.53. The Morgan fingerprint density at radius 3 is 2.41 bits per heavy atom. The van der Waals surface area contributed by atoms with E-state index in [1.165, 1.54) is 12.1 Å². The predicted octanol–water partition coefficient (Wildman–Crippen LogP) is 3.05. The second kappa shape index (κ2) is 6.32. The van der Waals surface area contributed by atoms with Crippen molar-refractivity contribution in [3.63, 3.8) is 0 Å². The van der Waals surface area contributed by atoms with Crippen LogP contribution in [0.15, 0.2) is 18.2 Å². The summed E-state index contributed by atoms with van der Waals surface area (Å²) in [4.78, 5) is 12.6. The normalized spacial score (nSPS) is 17.0. The average molecular weight is 311 g/mol. The molecule has 122 valence electrons. The molecule has 0 saturated heterocycles.